The van der Waals surface area contributed by atoms with Gasteiger partial charge in [-0.3, -0.25) is 4.98 Å². The van der Waals surface area contributed by atoms with Crippen LogP contribution in [0, 0.1) is 17.8 Å². The molecule has 4 atom stereocenters. The smallest absolute Gasteiger partial charge is 0.0378 e. The van der Waals surface area contributed by atoms with E-state index in [2.05, 4.69) is 17.3 Å². The van der Waals surface area contributed by atoms with Crippen molar-refractivity contribution >= 4 is 5.69 Å². The zero-order valence-electron chi connectivity index (χ0n) is 11.1. The van der Waals surface area contributed by atoms with E-state index in [-0.39, 0.29) is 0 Å². The summed E-state index contributed by atoms with van der Waals surface area (Å²) in [6.07, 6.45) is 10.5. The molecule has 1 heterocycles. The molecule has 0 radical (unpaired) electrons. The quantitative estimate of drug-likeness (QED) is 0.855. The van der Waals surface area contributed by atoms with E-state index in [1.54, 1.807) is 6.20 Å². The summed E-state index contributed by atoms with van der Waals surface area (Å²) < 4.78 is 0. The zero-order valence-corrected chi connectivity index (χ0v) is 11.1. The summed E-state index contributed by atoms with van der Waals surface area (Å²) in [4.78, 5) is 4.20. The van der Waals surface area contributed by atoms with Gasteiger partial charge < -0.3 is 11.1 Å². The predicted octanol–water partition coefficient (Wildman–Crippen LogP) is 2.23. The Morgan fingerprint density at radius 1 is 1.44 bits per heavy atom. The molecule has 0 aromatic carbocycles. The first-order valence-corrected chi connectivity index (χ1v) is 7.13. The summed E-state index contributed by atoms with van der Waals surface area (Å²) in [6.45, 7) is 0. The fourth-order valence-corrected chi connectivity index (χ4v) is 4.10. The number of likely N-dealkylation sites (N-methyl/N-ethyl adjacent to an activating group) is 1. The van der Waals surface area contributed by atoms with Crippen LogP contribution in [-0.4, -0.2) is 18.1 Å². The number of nitrogens with one attached hydrogen (secondary N) is 1. The van der Waals surface area contributed by atoms with Gasteiger partial charge in [0.15, 0.2) is 0 Å². The first kappa shape index (κ1) is 12.0. The normalized spacial score (nSPS) is 31.7. The number of nitrogen functional groups attached to an aromatic ring is 1. The first-order valence-electron chi connectivity index (χ1n) is 7.13. The van der Waals surface area contributed by atoms with E-state index < -0.39 is 0 Å². The molecule has 0 spiro atoms. The Bertz CT molecular complexity index is 418. The molecule has 3 rings (SSSR count). The third-order valence-electron chi connectivity index (χ3n) is 5.06. The lowest BCUT2D eigenvalue weighted by atomic mass is 9.81. The Kier molecular flexibility index (Phi) is 3.25. The summed E-state index contributed by atoms with van der Waals surface area (Å²) in [5.41, 5.74) is 8.11. The second-order valence-corrected chi connectivity index (χ2v) is 6.01. The average Bonchev–Trinajstić information content (AvgIpc) is 3.00. The largest absolute Gasteiger partial charge is 0.398 e. The van der Waals surface area contributed by atoms with Gasteiger partial charge >= 0.3 is 0 Å². The Balaban J connectivity index is 1.72. The van der Waals surface area contributed by atoms with Crippen molar-refractivity contribution in [3.63, 3.8) is 0 Å². The molecular weight excluding hydrogens is 222 g/mol. The minimum atomic E-state index is 0.562. The summed E-state index contributed by atoms with van der Waals surface area (Å²) >= 11 is 0. The molecule has 0 amide bonds. The van der Waals surface area contributed by atoms with Gasteiger partial charge in [-0.05, 0) is 62.1 Å². The highest BCUT2D eigenvalue weighted by Gasteiger charge is 2.42. The molecule has 98 valence electrons. The molecule has 2 fully saturated rings. The van der Waals surface area contributed by atoms with Crippen LogP contribution in [0.15, 0.2) is 18.5 Å². The minimum Gasteiger partial charge on any atom is -0.398 e. The number of nitrogens with zero attached hydrogens (tertiary/aromatic N) is 1. The van der Waals surface area contributed by atoms with Crippen molar-refractivity contribution in [1.29, 1.82) is 0 Å². The van der Waals surface area contributed by atoms with Gasteiger partial charge in [-0.15, -0.1) is 0 Å². The summed E-state index contributed by atoms with van der Waals surface area (Å²) in [5.74, 6) is 2.79. The fraction of sp³-hybridized carbons (Fsp3) is 0.667. The van der Waals surface area contributed by atoms with E-state index in [1.165, 1.54) is 31.2 Å². The molecule has 2 bridgehead atoms. The number of hydrogen-bond acceptors (Lipinski definition) is 3. The lowest BCUT2D eigenvalue weighted by molar-refractivity contribution is 0.255. The van der Waals surface area contributed by atoms with Crippen LogP contribution in [0.1, 0.15) is 31.2 Å². The molecular formula is C15H23N3. The van der Waals surface area contributed by atoms with Gasteiger partial charge in [-0.1, -0.05) is 6.42 Å². The molecule has 3 nitrogen and oxygen atoms in total. The summed E-state index contributed by atoms with van der Waals surface area (Å²) in [5, 5.41) is 3.52. The lowest BCUT2D eigenvalue weighted by Crippen LogP contribution is -2.38. The average molecular weight is 245 g/mol. The molecule has 3 heteroatoms. The van der Waals surface area contributed by atoms with Gasteiger partial charge in [0.1, 0.15) is 0 Å². The Morgan fingerprint density at radius 3 is 2.94 bits per heavy atom. The molecule has 4 unspecified atom stereocenters. The topological polar surface area (TPSA) is 50.9 Å². The molecule has 2 aliphatic carbocycles. The zero-order chi connectivity index (χ0) is 12.5. The molecule has 0 saturated heterocycles. The summed E-state index contributed by atoms with van der Waals surface area (Å²) in [7, 11) is 2.09. The maximum Gasteiger partial charge on any atom is 0.0378 e. The maximum absolute atomic E-state index is 6.03. The minimum absolute atomic E-state index is 0.562. The van der Waals surface area contributed by atoms with Crippen molar-refractivity contribution in [1.82, 2.24) is 10.3 Å². The van der Waals surface area contributed by atoms with Crippen LogP contribution >= 0.6 is 0 Å². The van der Waals surface area contributed by atoms with Crippen LogP contribution in [0.4, 0.5) is 5.69 Å². The molecule has 2 aliphatic rings. The van der Waals surface area contributed by atoms with Gasteiger partial charge in [-0.2, -0.15) is 0 Å². The van der Waals surface area contributed by atoms with Crippen molar-refractivity contribution < 1.29 is 0 Å². The molecule has 1 aromatic heterocycles. The number of aromatic nitrogens is 1. The predicted molar refractivity (Wildman–Crippen MR) is 74.1 cm³/mol. The number of fused-ring (bicyclic) bond motifs is 2. The number of hydrogen-bond donors (Lipinski definition) is 2. The highest BCUT2D eigenvalue weighted by Crippen LogP contribution is 2.49. The van der Waals surface area contributed by atoms with E-state index in [4.69, 9.17) is 5.73 Å². The van der Waals surface area contributed by atoms with Crippen LogP contribution in [0.25, 0.3) is 0 Å². The SMILES string of the molecule is CNC(Cc1cnccc1N)C1CC2CCC1C2. The van der Waals surface area contributed by atoms with Crippen LogP contribution < -0.4 is 11.1 Å². The fourth-order valence-electron chi connectivity index (χ4n) is 4.10. The van der Waals surface area contributed by atoms with E-state index in [9.17, 15) is 0 Å². The summed E-state index contributed by atoms with van der Waals surface area (Å²) in [6, 6.07) is 2.47. The highest BCUT2D eigenvalue weighted by molar-refractivity contribution is 5.44. The van der Waals surface area contributed by atoms with Crippen LogP contribution in [0.2, 0.25) is 0 Å². The number of anilines is 1. The van der Waals surface area contributed by atoms with Gasteiger partial charge in [0, 0.05) is 24.1 Å². The Hall–Kier alpha value is -1.09. The standard InChI is InChI=1S/C15H23N3/c1-17-15(8-12-9-18-5-4-14(12)16)13-7-10-2-3-11(13)6-10/h4-5,9-11,13,15,17H,2-3,6-8H2,1H3,(H2,16,18). The maximum atomic E-state index is 6.03. The Labute approximate surface area is 109 Å². The second kappa shape index (κ2) is 4.88. The van der Waals surface area contributed by atoms with Crippen molar-refractivity contribution in [2.24, 2.45) is 17.8 Å². The highest BCUT2D eigenvalue weighted by atomic mass is 14.9. The second-order valence-electron chi connectivity index (χ2n) is 6.01. The third-order valence-corrected chi connectivity index (χ3v) is 5.06. The van der Waals surface area contributed by atoms with Gasteiger partial charge in [0.05, 0.1) is 0 Å². The van der Waals surface area contributed by atoms with Gasteiger partial charge in [0.25, 0.3) is 0 Å². The lowest BCUT2D eigenvalue weighted by Gasteiger charge is -2.30. The van der Waals surface area contributed by atoms with E-state index in [1.807, 2.05) is 12.3 Å². The van der Waals surface area contributed by atoms with Crippen LogP contribution in [0.5, 0.6) is 0 Å². The molecule has 3 N–H and O–H groups in total. The van der Waals surface area contributed by atoms with Gasteiger partial charge in [-0.25, -0.2) is 0 Å². The number of rotatable bonds is 4. The monoisotopic (exact) mass is 245 g/mol. The van der Waals surface area contributed by atoms with E-state index in [0.717, 1.165) is 29.9 Å². The van der Waals surface area contributed by atoms with E-state index in [0.29, 0.717) is 6.04 Å². The van der Waals surface area contributed by atoms with Crippen LogP contribution in [-0.2, 0) is 6.42 Å². The van der Waals surface area contributed by atoms with Crippen molar-refractivity contribution in [3.05, 3.63) is 24.0 Å². The van der Waals surface area contributed by atoms with Crippen LogP contribution in [0.3, 0.4) is 0 Å². The molecule has 1 aromatic rings. The Morgan fingerprint density at radius 2 is 2.33 bits per heavy atom. The first-order chi connectivity index (χ1) is 8.78. The molecule has 2 saturated carbocycles. The van der Waals surface area contributed by atoms with Crippen molar-refractivity contribution in [2.45, 2.75) is 38.1 Å². The molecule has 18 heavy (non-hydrogen) atoms. The van der Waals surface area contributed by atoms with E-state index >= 15 is 0 Å². The van der Waals surface area contributed by atoms with Gasteiger partial charge in [0.2, 0.25) is 0 Å². The molecule has 0 aliphatic heterocycles. The number of nitrogens with two attached hydrogens (primary N) is 1. The van der Waals surface area contributed by atoms with Crippen molar-refractivity contribution in [3.8, 4) is 0 Å². The van der Waals surface area contributed by atoms with Crippen molar-refractivity contribution in [2.75, 3.05) is 12.8 Å². The third kappa shape index (κ3) is 2.12. The number of pyridine rings is 1.